The van der Waals surface area contributed by atoms with Gasteiger partial charge >= 0.3 is 6.03 Å². The van der Waals surface area contributed by atoms with E-state index in [9.17, 15) is 14.0 Å². The van der Waals surface area contributed by atoms with E-state index in [0.29, 0.717) is 31.2 Å². The molecule has 1 aromatic rings. The van der Waals surface area contributed by atoms with Crippen LogP contribution in [0.25, 0.3) is 0 Å². The van der Waals surface area contributed by atoms with Gasteiger partial charge in [-0.2, -0.15) is 0 Å². The zero-order valence-corrected chi connectivity index (χ0v) is 15.0. The number of amidine groups is 1. The fraction of sp³-hybridized carbons (Fsp3) is 0.526. The summed E-state index contributed by atoms with van der Waals surface area (Å²) in [6.07, 6.45) is 1.67. The molecule has 6 nitrogen and oxygen atoms in total. The number of nitrogens with zero attached hydrogens (tertiary/aromatic N) is 3. The van der Waals surface area contributed by atoms with E-state index in [4.69, 9.17) is 4.99 Å². The molecule has 0 unspecified atom stereocenters. The predicted octanol–water partition coefficient (Wildman–Crippen LogP) is 2.72. The smallest absolute Gasteiger partial charge is 0.321 e. The number of carbonyl (C=O) groups is 2. The van der Waals surface area contributed by atoms with Crippen LogP contribution < -0.4 is 5.32 Å². The van der Waals surface area contributed by atoms with Gasteiger partial charge in [-0.25, -0.2) is 9.18 Å². The minimum atomic E-state index is -0.685. The molecule has 2 fully saturated rings. The van der Waals surface area contributed by atoms with E-state index in [1.54, 1.807) is 21.9 Å². The molecule has 1 saturated carbocycles. The minimum Gasteiger partial charge on any atom is -0.324 e. The zero-order chi connectivity index (χ0) is 18.5. The summed E-state index contributed by atoms with van der Waals surface area (Å²) >= 11 is 0. The molecule has 138 valence electrons. The number of carbonyl (C=O) groups excluding carboxylic acids is 2. The van der Waals surface area contributed by atoms with Crippen LogP contribution in [-0.2, 0) is 4.79 Å². The number of hydrogen-bond donors (Lipinski definition) is 1. The highest BCUT2D eigenvalue weighted by Gasteiger charge is 2.60. The molecule has 1 spiro atoms. The normalized spacial score (nSPS) is 30.1. The maximum Gasteiger partial charge on any atom is 0.321 e. The first-order chi connectivity index (χ1) is 12.4. The average Bonchev–Trinajstić information content (AvgIpc) is 3.25. The van der Waals surface area contributed by atoms with Crippen LogP contribution in [0.5, 0.6) is 0 Å². The monoisotopic (exact) mass is 358 g/mol. The summed E-state index contributed by atoms with van der Waals surface area (Å²) < 4.78 is 13.0. The first kappa shape index (κ1) is 17.0. The Hall–Kier alpha value is -2.44. The highest BCUT2D eigenvalue weighted by Crippen LogP contribution is 2.50. The highest BCUT2D eigenvalue weighted by atomic mass is 19.1. The van der Waals surface area contributed by atoms with Crippen LogP contribution in [0.1, 0.15) is 26.7 Å². The van der Waals surface area contributed by atoms with E-state index in [0.717, 1.165) is 18.7 Å². The molecule has 7 heteroatoms. The molecule has 3 amide bonds. The van der Waals surface area contributed by atoms with Crippen molar-refractivity contribution in [3.8, 4) is 0 Å². The summed E-state index contributed by atoms with van der Waals surface area (Å²) in [4.78, 5) is 33.8. The summed E-state index contributed by atoms with van der Waals surface area (Å²) in [7, 11) is 0. The Labute approximate surface area is 152 Å². The van der Waals surface area contributed by atoms with Gasteiger partial charge in [0.1, 0.15) is 17.2 Å². The minimum absolute atomic E-state index is 0.0699. The topological polar surface area (TPSA) is 65.0 Å². The lowest BCUT2D eigenvalue weighted by Crippen LogP contribution is -2.47. The van der Waals surface area contributed by atoms with Gasteiger partial charge in [0, 0.05) is 31.2 Å². The van der Waals surface area contributed by atoms with Crippen LogP contribution in [0.2, 0.25) is 0 Å². The Morgan fingerprint density at radius 1 is 1.35 bits per heavy atom. The molecule has 1 aliphatic carbocycles. The van der Waals surface area contributed by atoms with Crippen molar-refractivity contribution in [2.24, 2.45) is 16.8 Å². The van der Waals surface area contributed by atoms with Gasteiger partial charge in [-0.05, 0) is 56.9 Å². The van der Waals surface area contributed by atoms with Crippen LogP contribution >= 0.6 is 0 Å². The number of halogens is 1. The van der Waals surface area contributed by atoms with Crippen molar-refractivity contribution in [3.05, 3.63) is 30.1 Å². The van der Waals surface area contributed by atoms with E-state index in [2.05, 4.69) is 5.32 Å². The average molecular weight is 358 g/mol. The quantitative estimate of drug-likeness (QED) is 0.883. The number of likely N-dealkylation sites (N-methyl/N-ethyl adjacent to an activating group) is 1. The van der Waals surface area contributed by atoms with Crippen LogP contribution in [0.15, 0.2) is 29.3 Å². The van der Waals surface area contributed by atoms with Gasteiger partial charge in [-0.15, -0.1) is 0 Å². The molecule has 1 N–H and O–H groups in total. The molecule has 0 radical (unpaired) electrons. The van der Waals surface area contributed by atoms with Crippen molar-refractivity contribution >= 4 is 23.5 Å². The maximum atomic E-state index is 13.0. The van der Waals surface area contributed by atoms with Crippen molar-refractivity contribution in [3.63, 3.8) is 0 Å². The lowest BCUT2D eigenvalue weighted by molar-refractivity contribution is -0.132. The lowest BCUT2D eigenvalue weighted by Gasteiger charge is -2.27. The molecule has 26 heavy (non-hydrogen) atoms. The number of amides is 3. The van der Waals surface area contributed by atoms with Gasteiger partial charge in [0.2, 0.25) is 0 Å². The third-order valence-corrected chi connectivity index (χ3v) is 6.02. The number of nitrogens with one attached hydrogen (secondary N) is 1. The molecule has 4 rings (SSSR count). The molecule has 2 aliphatic heterocycles. The second-order valence-corrected chi connectivity index (χ2v) is 7.38. The largest absolute Gasteiger partial charge is 0.324 e. The third-order valence-electron chi connectivity index (χ3n) is 6.02. The highest BCUT2D eigenvalue weighted by molar-refractivity contribution is 6.07. The summed E-state index contributed by atoms with van der Waals surface area (Å²) in [6.45, 7) is 5.63. The van der Waals surface area contributed by atoms with E-state index in [1.807, 2.05) is 13.8 Å². The van der Waals surface area contributed by atoms with E-state index in [1.165, 1.54) is 12.1 Å². The molecule has 0 aromatic heterocycles. The van der Waals surface area contributed by atoms with Gasteiger partial charge in [0.05, 0.1) is 0 Å². The first-order valence-electron chi connectivity index (χ1n) is 9.14. The zero-order valence-electron chi connectivity index (χ0n) is 15.0. The van der Waals surface area contributed by atoms with Crippen LogP contribution in [-0.4, -0.2) is 52.7 Å². The van der Waals surface area contributed by atoms with Crippen LogP contribution in [0.4, 0.5) is 14.9 Å². The number of likely N-dealkylation sites (tertiary alicyclic amines) is 1. The lowest BCUT2D eigenvalue weighted by atomic mass is 9.85. The Morgan fingerprint density at radius 2 is 2.08 bits per heavy atom. The van der Waals surface area contributed by atoms with Crippen LogP contribution in [0.3, 0.4) is 0 Å². The Morgan fingerprint density at radius 3 is 2.73 bits per heavy atom. The van der Waals surface area contributed by atoms with Gasteiger partial charge in [0.25, 0.3) is 5.91 Å². The second-order valence-electron chi connectivity index (χ2n) is 7.38. The SMILES string of the molecule is CCN1C(=O)[C@]2(CC[C@@H]3CN(C(=O)Nc4ccc(F)cc4)C[C@@H]32)N=C1C. The van der Waals surface area contributed by atoms with Crippen molar-refractivity contribution < 1.29 is 14.0 Å². The van der Waals surface area contributed by atoms with Gasteiger partial charge in [-0.1, -0.05) is 0 Å². The molecule has 3 aliphatic rings. The third kappa shape index (κ3) is 2.48. The Bertz CT molecular complexity index is 778. The van der Waals surface area contributed by atoms with Crippen molar-refractivity contribution in [1.82, 2.24) is 9.80 Å². The number of urea groups is 1. The number of benzene rings is 1. The maximum absolute atomic E-state index is 13.0. The van der Waals surface area contributed by atoms with E-state index >= 15 is 0 Å². The molecule has 3 atom stereocenters. The molecule has 2 heterocycles. The number of aliphatic imine (C=N–C) groups is 1. The van der Waals surface area contributed by atoms with Gasteiger partial charge in [-0.3, -0.25) is 14.7 Å². The number of rotatable bonds is 2. The molecular weight excluding hydrogens is 335 g/mol. The summed E-state index contributed by atoms with van der Waals surface area (Å²) in [6, 6.07) is 5.51. The predicted molar refractivity (Wildman–Crippen MR) is 96.4 cm³/mol. The molecular formula is C19H23FN4O2. The Balaban J connectivity index is 1.49. The fourth-order valence-electron chi connectivity index (χ4n) is 4.75. The Kier molecular flexibility index (Phi) is 3.97. The summed E-state index contributed by atoms with van der Waals surface area (Å²) in [5, 5.41) is 2.81. The van der Waals surface area contributed by atoms with Gasteiger partial charge in [0.15, 0.2) is 0 Å². The molecule has 0 bridgehead atoms. The van der Waals surface area contributed by atoms with Crippen molar-refractivity contribution in [2.75, 3.05) is 25.0 Å². The van der Waals surface area contributed by atoms with Crippen molar-refractivity contribution in [1.29, 1.82) is 0 Å². The number of fused-ring (bicyclic) bond motifs is 2. The standard InChI is InChI=1S/C19H23FN4O2/c1-3-24-12(2)22-19(17(24)25)9-8-13-10-23(11-16(13)19)18(26)21-15-6-4-14(20)5-7-15/h4-7,13,16H,3,8-11H2,1-2H3,(H,21,26)/t13-,16+,19-/m1/s1. The summed E-state index contributed by atoms with van der Waals surface area (Å²) in [5.41, 5.74) is -0.124. The fourth-order valence-corrected chi connectivity index (χ4v) is 4.75. The van der Waals surface area contributed by atoms with Gasteiger partial charge < -0.3 is 10.2 Å². The molecule has 1 saturated heterocycles. The van der Waals surface area contributed by atoms with Crippen molar-refractivity contribution in [2.45, 2.75) is 32.2 Å². The molecule has 1 aromatic carbocycles. The van der Waals surface area contributed by atoms with E-state index in [-0.39, 0.29) is 23.7 Å². The van der Waals surface area contributed by atoms with E-state index < -0.39 is 5.54 Å². The number of hydrogen-bond acceptors (Lipinski definition) is 3. The number of anilines is 1. The summed E-state index contributed by atoms with van der Waals surface area (Å²) in [5.74, 6) is 0.902. The van der Waals surface area contributed by atoms with Crippen LogP contribution in [0, 0.1) is 17.7 Å². The second kappa shape index (κ2) is 6.07. The first-order valence-corrected chi connectivity index (χ1v) is 9.14.